The monoisotopic (exact) mass is 232 g/mol. The zero-order valence-electron chi connectivity index (χ0n) is 11.2. The summed E-state index contributed by atoms with van der Waals surface area (Å²) < 4.78 is 0. The third-order valence-electron chi connectivity index (χ3n) is 3.93. The van der Waals surface area contributed by atoms with Crippen LogP contribution in [-0.4, -0.2) is 31.6 Å². The molecule has 0 bridgehead atoms. The van der Waals surface area contributed by atoms with Gasteiger partial charge in [-0.1, -0.05) is 31.2 Å². The van der Waals surface area contributed by atoms with Gasteiger partial charge in [-0.15, -0.1) is 0 Å². The summed E-state index contributed by atoms with van der Waals surface area (Å²) in [5.74, 6) is 1.62. The molecule has 1 aromatic rings. The second kappa shape index (κ2) is 5.65. The van der Waals surface area contributed by atoms with Crippen molar-refractivity contribution in [1.82, 2.24) is 10.2 Å². The maximum atomic E-state index is 3.48. The van der Waals surface area contributed by atoms with Crippen LogP contribution in [0.1, 0.15) is 18.1 Å². The molecule has 1 fully saturated rings. The average Bonchev–Trinajstić information content (AvgIpc) is 2.68. The van der Waals surface area contributed by atoms with Crippen LogP contribution in [0.4, 0.5) is 0 Å². The molecule has 2 nitrogen and oxygen atoms in total. The SMILES string of the molecule is Cc1ccccc1CN(C)C[C@@H]1CNC[C@H]1C. The van der Waals surface area contributed by atoms with E-state index in [9.17, 15) is 0 Å². The molecule has 0 unspecified atom stereocenters. The first kappa shape index (κ1) is 12.6. The van der Waals surface area contributed by atoms with Gasteiger partial charge in [-0.25, -0.2) is 0 Å². The number of nitrogens with one attached hydrogen (secondary N) is 1. The van der Waals surface area contributed by atoms with E-state index >= 15 is 0 Å². The highest BCUT2D eigenvalue weighted by molar-refractivity contribution is 5.25. The molecule has 1 aliphatic heterocycles. The third kappa shape index (κ3) is 3.30. The minimum Gasteiger partial charge on any atom is -0.316 e. The normalized spacial score (nSPS) is 24.5. The zero-order valence-corrected chi connectivity index (χ0v) is 11.2. The Bertz CT molecular complexity index is 362. The minimum atomic E-state index is 0.809. The van der Waals surface area contributed by atoms with E-state index in [1.165, 1.54) is 30.8 Å². The Morgan fingerprint density at radius 2 is 2.06 bits per heavy atom. The summed E-state index contributed by atoms with van der Waals surface area (Å²) >= 11 is 0. The van der Waals surface area contributed by atoms with Crippen molar-refractivity contribution in [3.63, 3.8) is 0 Å². The lowest BCUT2D eigenvalue weighted by Gasteiger charge is -2.23. The fourth-order valence-corrected chi connectivity index (χ4v) is 2.65. The molecular formula is C15H24N2. The quantitative estimate of drug-likeness (QED) is 0.857. The zero-order chi connectivity index (χ0) is 12.3. The fourth-order valence-electron chi connectivity index (χ4n) is 2.65. The number of hydrogen-bond acceptors (Lipinski definition) is 2. The van der Waals surface area contributed by atoms with Crippen LogP contribution >= 0.6 is 0 Å². The first-order chi connectivity index (χ1) is 8.16. The largest absolute Gasteiger partial charge is 0.316 e. The van der Waals surface area contributed by atoms with Crippen molar-refractivity contribution in [2.45, 2.75) is 20.4 Å². The van der Waals surface area contributed by atoms with Gasteiger partial charge in [-0.05, 0) is 50.0 Å². The van der Waals surface area contributed by atoms with Crippen molar-refractivity contribution in [2.24, 2.45) is 11.8 Å². The number of benzene rings is 1. The van der Waals surface area contributed by atoms with Gasteiger partial charge >= 0.3 is 0 Å². The Balaban J connectivity index is 1.89. The second-order valence-corrected chi connectivity index (χ2v) is 5.52. The molecule has 0 spiro atoms. The molecule has 1 heterocycles. The number of nitrogens with zero attached hydrogens (tertiary/aromatic N) is 1. The highest BCUT2D eigenvalue weighted by atomic mass is 15.1. The standard InChI is InChI=1S/C15H24N2/c1-12-6-4-5-7-14(12)10-17(3)11-15-9-16-8-13(15)2/h4-7,13,15-16H,8-11H2,1-3H3/t13-,15+/m1/s1. The first-order valence-electron chi connectivity index (χ1n) is 6.60. The summed E-state index contributed by atoms with van der Waals surface area (Å²) in [5.41, 5.74) is 2.85. The van der Waals surface area contributed by atoms with Crippen molar-refractivity contribution < 1.29 is 0 Å². The lowest BCUT2D eigenvalue weighted by Crippen LogP contribution is -2.29. The van der Waals surface area contributed by atoms with E-state index in [0.717, 1.165) is 18.4 Å². The van der Waals surface area contributed by atoms with E-state index in [2.05, 4.69) is 55.4 Å². The number of rotatable bonds is 4. The maximum absolute atomic E-state index is 3.48. The van der Waals surface area contributed by atoms with Gasteiger partial charge in [0.05, 0.1) is 0 Å². The van der Waals surface area contributed by atoms with Crippen LogP contribution < -0.4 is 5.32 Å². The van der Waals surface area contributed by atoms with Crippen LogP contribution in [0, 0.1) is 18.8 Å². The highest BCUT2D eigenvalue weighted by Gasteiger charge is 2.23. The summed E-state index contributed by atoms with van der Waals surface area (Å²) in [4.78, 5) is 2.45. The van der Waals surface area contributed by atoms with Crippen molar-refractivity contribution in [3.8, 4) is 0 Å². The predicted octanol–water partition coefficient (Wildman–Crippen LogP) is 2.28. The van der Waals surface area contributed by atoms with Crippen molar-refractivity contribution in [3.05, 3.63) is 35.4 Å². The van der Waals surface area contributed by atoms with Crippen LogP contribution in [0.5, 0.6) is 0 Å². The highest BCUT2D eigenvalue weighted by Crippen LogP contribution is 2.18. The van der Waals surface area contributed by atoms with E-state index in [4.69, 9.17) is 0 Å². The first-order valence-corrected chi connectivity index (χ1v) is 6.60. The van der Waals surface area contributed by atoms with Crippen LogP contribution in [0.25, 0.3) is 0 Å². The molecular weight excluding hydrogens is 208 g/mol. The summed E-state index contributed by atoms with van der Waals surface area (Å²) in [6.45, 7) is 9.18. The summed E-state index contributed by atoms with van der Waals surface area (Å²) in [6, 6.07) is 8.68. The summed E-state index contributed by atoms with van der Waals surface area (Å²) in [5, 5.41) is 3.48. The van der Waals surface area contributed by atoms with Crippen LogP contribution in [0.3, 0.4) is 0 Å². The molecule has 1 aliphatic rings. The van der Waals surface area contributed by atoms with Gasteiger partial charge in [0.25, 0.3) is 0 Å². The Kier molecular flexibility index (Phi) is 4.19. The smallest absolute Gasteiger partial charge is 0.0233 e. The Morgan fingerprint density at radius 1 is 1.29 bits per heavy atom. The average molecular weight is 232 g/mol. The van der Waals surface area contributed by atoms with E-state index in [-0.39, 0.29) is 0 Å². The second-order valence-electron chi connectivity index (χ2n) is 5.52. The van der Waals surface area contributed by atoms with Gasteiger partial charge in [-0.3, -0.25) is 0 Å². The fraction of sp³-hybridized carbons (Fsp3) is 0.600. The molecule has 0 aromatic heterocycles. The van der Waals surface area contributed by atoms with Gasteiger partial charge in [0.15, 0.2) is 0 Å². The van der Waals surface area contributed by atoms with Gasteiger partial charge in [0, 0.05) is 13.1 Å². The minimum absolute atomic E-state index is 0.809. The summed E-state index contributed by atoms with van der Waals surface area (Å²) in [6.07, 6.45) is 0. The van der Waals surface area contributed by atoms with E-state index in [1.807, 2.05) is 0 Å². The molecule has 94 valence electrons. The molecule has 1 aromatic carbocycles. The van der Waals surface area contributed by atoms with Crippen LogP contribution in [-0.2, 0) is 6.54 Å². The lowest BCUT2D eigenvalue weighted by molar-refractivity contribution is 0.252. The van der Waals surface area contributed by atoms with Gasteiger partial charge in [0.1, 0.15) is 0 Å². The van der Waals surface area contributed by atoms with E-state index in [0.29, 0.717) is 0 Å². The van der Waals surface area contributed by atoms with E-state index < -0.39 is 0 Å². The van der Waals surface area contributed by atoms with Crippen molar-refractivity contribution in [1.29, 1.82) is 0 Å². The molecule has 0 saturated carbocycles. The molecule has 1 N–H and O–H groups in total. The molecule has 2 rings (SSSR count). The maximum Gasteiger partial charge on any atom is 0.0233 e. The number of aryl methyl sites for hydroxylation is 1. The molecule has 17 heavy (non-hydrogen) atoms. The Labute approximate surface area is 105 Å². The Hall–Kier alpha value is -0.860. The number of hydrogen-bond donors (Lipinski definition) is 1. The van der Waals surface area contributed by atoms with Gasteiger partial charge < -0.3 is 10.2 Å². The molecule has 0 amide bonds. The van der Waals surface area contributed by atoms with Gasteiger partial charge in [0.2, 0.25) is 0 Å². The molecule has 0 aliphatic carbocycles. The van der Waals surface area contributed by atoms with Crippen LogP contribution in [0.15, 0.2) is 24.3 Å². The molecule has 2 atom stereocenters. The van der Waals surface area contributed by atoms with Crippen molar-refractivity contribution >= 4 is 0 Å². The van der Waals surface area contributed by atoms with Crippen LogP contribution in [0.2, 0.25) is 0 Å². The molecule has 0 radical (unpaired) electrons. The molecule has 2 heteroatoms. The third-order valence-corrected chi connectivity index (χ3v) is 3.93. The summed E-state index contributed by atoms with van der Waals surface area (Å²) in [7, 11) is 2.23. The lowest BCUT2D eigenvalue weighted by atomic mass is 9.97. The topological polar surface area (TPSA) is 15.3 Å². The van der Waals surface area contributed by atoms with Gasteiger partial charge in [-0.2, -0.15) is 0 Å². The molecule has 1 saturated heterocycles. The van der Waals surface area contributed by atoms with E-state index in [1.54, 1.807) is 0 Å². The predicted molar refractivity (Wildman–Crippen MR) is 73.0 cm³/mol. The van der Waals surface area contributed by atoms with Crippen molar-refractivity contribution in [2.75, 3.05) is 26.7 Å². The Morgan fingerprint density at radius 3 is 2.71 bits per heavy atom.